The highest BCUT2D eigenvalue weighted by Gasteiger charge is 2.28. The molecule has 0 fully saturated rings. The van der Waals surface area contributed by atoms with Gasteiger partial charge in [0.05, 0.1) is 17.1 Å². The first kappa shape index (κ1) is 10.2. The summed E-state index contributed by atoms with van der Waals surface area (Å²) in [6, 6.07) is 15.1. The summed E-state index contributed by atoms with van der Waals surface area (Å²) in [7, 11) is 0. The van der Waals surface area contributed by atoms with E-state index in [0.29, 0.717) is 0 Å². The van der Waals surface area contributed by atoms with Gasteiger partial charge in [0.25, 0.3) is 0 Å². The van der Waals surface area contributed by atoms with Crippen LogP contribution in [0.1, 0.15) is 11.1 Å². The molecular formula is C18H12N2. The normalized spacial score (nSPS) is 17.1. The van der Waals surface area contributed by atoms with E-state index in [-0.39, 0.29) is 0 Å². The average Bonchev–Trinajstić information content (AvgIpc) is 2.79. The molecule has 2 aromatic rings. The number of anilines is 1. The lowest BCUT2D eigenvalue weighted by molar-refractivity contribution is 1.26. The van der Waals surface area contributed by atoms with Crippen molar-refractivity contribution in [2.24, 2.45) is 4.99 Å². The molecule has 0 N–H and O–H groups in total. The van der Waals surface area contributed by atoms with Crippen molar-refractivity contribution in [1.29, 1.82) is 0 Å². The van der Waals surface area contributed by atoms with E-state index in [0.717, 1.165) is 6.42 Å². The number of hydrogen-bond acceptors (Lipinski definition) is 2. The van der Waals surface area contributed by atoms with Gasteiger partial charge in [-0.3, -0.25) is 4.99 Å². The summed E-state index contributed by atoms with van der Waals surface area (Å²) < 4.78 is 0. The molecule has 0 atom stereocenters. The number of fused-ring (bicyclic) bond motifs is 2. The van der Waals surface area contributed by atoms with Crippen LogP contribution in [0.4, 0.5) is 5.69 Å². The van der Waals surface area contributed by atoms with Gasteiger partial charge >= 0.3 is 0 Å². The summed E-state index contributed by atoms with van der Waals surface area (Å²) in [5.41, 5.74) is 6.32. The van der Waals surface area contributed by atoms with Crippen LogP contribution in [0.25, 0.3) is 11.8 Å². The Kier molecular flexibility index (Phi) is 1.78. The minimum absolute atomic E-state index is 0.940. The van der Waals surface area contributed by atoms with E-state index < -0.39 is 0 Å². The lowest BCUT2D eigenvalue weighted by Gasteiger charge is -2.25. The summed E-state index contributed by atoms with van der Waals surface area (Å²) >= 11 is 0. The lowest BCUT2D eigenvalue weighted by Crippen LogP contribution is -2.32. The molecule has 0 unspecified atom stereocenters. The molecule has 0 amide bonds. The van der Waals surface area contributed by atoms with Gasteiger partial charge in [-0.2, -0.15) is 0 Å². The van der Waals surface area contributed by atoms with Crippen molar-refractivity contribution in [1.82, 2.24) is 0 Å². The van der Waals surface area contributed by atoms with Crippen molar-refractivity contribution in [2.75, 3.05) is 4.90 Å². The minimum Gasteiger partial charge on any atom is -0.313 e. The monoisotopic (exact) mass is 256 g/mol. The summed E-state index contributed by atoms with van der Waals surface area (Å²) in [6.45, 7) is 0. The third-order valence-corrected chi connectivity index (χ3v) is 4.25. The molecule has 2 nitrogen and oxygen atoms in total. The molecule has 5 rings (SSSR count). The molecule has 1 aliphatic carbocycles. The highest BCUT2D eigenvalue weighted by atomic mass is 15.2. The first-order valence-electron chi connectivity index (χ1n) is 6.88. The second kappa shape index (κ2) is 3.48. The molecule has 3 aliphatic rings. The Bertz CT molecular complexity index is 932. The fourth-order valence-electron chi connectivity index (χ4n) is 3.41. The summed E-state index contributed by atoms with van der Waals surface area (Å²) in [5, 5.41) is 2.65. The third-order valence-electron chi connectivity index (χ3n) is 4.25. The highest BCUT2D eigenvalue weighted by molar-refractivity contribution is 6.26. The fourth-order valence-corrected chi connectivity index (χ4v) is 3.41. The number of nitrogens with zero attached hydrogens (tertiary/aromatic N) is 2. The number of benzene rings is 2. The van der Waals surface area contributed by atoms with Crippen LogP contribution >= 0.6 is 0 Å². The van der Waals surface area contributed by atoms with Crippen molar-refractivity contribution in [3.05, 3.63) is 76.4 Å². The molecule has 2 heteroatoms. The maximum absolute atomic E-state index is 4.59. The molecule has 94 valence electrons. The van der Waals surface area contributed by atoms with Crippen molar-refractivity contribution in [2.45, 2.75) is 6.42 Å². The maximum atomic E-state index is 4.59. The van der Waals surface area contributed by atoms with E-state index in [1.54, 1.807) is 0 Å². The topological polar surface area (TPSA) is 15.6 Å². The number of rotatable bonds is 0. The Morgan fingerprint density at radius 3 is 2.95 bits per heavy atom. The van der Waals surface area contributed by atoms with Gasteiger partial charge in [0, 0.05) is 24.0 Å². The van der Waals surface area contributed by atoms with E-state index in [1.165, 1.54) is 38.7 Å². The Balaban J connectivity index is 2.03. The second-order valence-corrected chi connectivity index (χ2v) is 5.35. The minimum atomic E-state index is 0.940. The molecular weight excluding hydrogens is 244 g/mol. The van der Waals surface area contributed by atoms with Crippen LogP contribution in [-0.2, 0) is 6.42 Å². The van der Waals surface area contributed by atoms with Gasteiger partial charge in [-0.05, 0) is 28.5 Å². The molecule has 0 bridgehead atoms. The van der Waals surface area contributed by atoms with Crippen LogP contribution in [-0.4, -0.2) is 5.71 Å². The molecule has 0 saturated heterocycles. The molecule has 2 aromatic carbocycles. The van der Waals surface area contributed by atoms with Gasteiger partial charge in [-0.1, -0.05) is 36.4 Å². The van der Waals surface area contributed by atoms with Crippen LogP contribution < -0.4 is 15.3 Å². The molecule has 20 heavy (non-hydrogen) atoms. The number of aliphatic imine (C=N–C) groups is 1. The summed E-state index contributed by atoms with van der Waals surface area (Å²) in [5.74, 6) is 0. The summed E-state index contributed by atoms with van der Waals surface area (Å²) in [4.78, 5) is 6.88. The van der Waals surface area contributed by atoms with Gasteiger partial charge in [0.2, 0.25) is 0 Å². The molecule has 2 aliphatic heterocycles. The fraction of sp³-hybridized carbons (Fsp3) is 0.0556. The van der Waals surface area contributed by atoms with Gasteiger partial charge < -0.3 is 4.90 Å². The zero-order valence-electron chi connectivity index (χ0n) is 10.9. The van der Waals surface area contributed by atoms with E-state index in [1.807, 2.05) is 6.20 Å². The van der Waals surface area contributed by atoms with Crippen LogP contribution in [0.2, 0.25) is 0 Å². The van der Waals surface area contributed by atoms with Crippen LogP contribution in [0.3, 0.4) is 0 Å². The molecule has 2 heterocycles. The second-order valence-electron chi connectivity index (χ2n) is 5.35. The number of hydrogen-bond donors (Lipinski definition) is 0. The van der Waals surface area contributed by atoms with Crippen LogP contribution in [0.15, 0.2) is 59.9 Å². The number of para-hydroxylation sites is 1. The van der Waals surface area contributed by atoms with Crippen molar-refractivity contribution in [3.63, 3.8) is 0 Å². The van der Waals surface area contributed by atoms with Gasteiger partial charge in [-0.15, -0.1) is 0 Å². The highest BCUT2D eigenvalue weighted by Crippen LogP contribution is 2.31. The molecule has 0 saturated carbocycles. The zero-order valence-corrected chi connectivity index (χ0v) is 10.9. The predicted molar refractivity (Wildman–Crippen MR) is 81.9 cm³/mol. The maximum Gasteiger partial charge on any atom is 0.0757 e. The summed E-state index contributed by atoms with van der Waals surface area (Å²) in [6.07, 6.45) is 7.21. The van der Waals surface area contributed by atoms with Crippen molar-refractivity contribution >= 4 is 23.2 Å². The Hall–Kier alpha value is -2.61. The molecule has 0 aromatic heterocycles. The smallest absolute Gasteiger partial charge is 0.0757 e. The standard InChI is InChI=1S/C18H12N2/c1-2-7-16-12(4-1)10-13-5-3-6-14-11-15-18(17(13)14)20(16)9-8-19-15/h1-10H,11H2. The van der Waals surface area contributed by atoms with Gasteiger partial charge in [0.1, 0.15) is 0 Å². The van der Waals surface area contributed by atoms with Gasteiger partial charge in [-0.25, -0.2) is 0 Å². The van der Waals surface area contributed by atoms with E-state index in [2.05, 4.69) is 64.6 Å². The van der Waals surface area contributed by atoms with Gasteiger partial charge in [0.15, 0.2) is 0 Å². The molecule has 0 radical (unpaired) electrons. The van der Waals surface area contributed by atoms with E-state index >= 15 is 0 Å². The SMILES string of the molecule is C1=CN2C3=c4c(cccc4=Cc4ccccc42)CC3=N1. The van der Waals surface area contributed by atoms with E-state index in [9.17, 15) is 0 Å². The average molecular weight is 256 g/mol. The third kappa shape index (κ3) is 1.16. The van der Waals surface area contributed by atoms with E-state index in [4.69, 9.17) is 0 Å². The first-order chi connectivity index (χ1) is 9.92. The lowest BCUT2D eigenvalue weighted by atomic mass is 10.1. The van der Waals surface area contributed by atoms with Crippen molar-refractivity contribution < 1.29 is 0 Å². The Labute approximate surface area is 116 Å². The molecule has 0 spiro atoms. The predicted octanol–water partition coefficient (Wildman–Crippen LogP) is 1.93. The van der Waals surface area contributed by atoms with Crippen LogP contribution in [0, 0.1) is 0 Å². The van der Waals surface area contributed by atoms with Crippen LogP contribution in [0.5, 0.6) is 0 Å². The van der Waals surface area contributed by atoms with Crippen molar-refractivity contribution in [3.8, 4) is 0 Å². The Morgan fingerprint density at radius 2 is 1.95 bits per heavy atom. The first-order valence-corrected chi connectivity index (χ1v) is 6.88. The Morgan fingerprint density at radius 1 is 1.00 bits per heavy atom. The quantitative estimate of drug-likeness (QED) is 0.703. The zero-order chi connectivity index (χ0) is 13.1. The largest absolute Gasteiger partial charge is 0.313 e.